The molecule has 0 atom stereocenters. The van der Waals surface area contributed by atoms with Gasteiger partial charge in [0, 0.05) is 29.5 Å². The smallest absolute Gasteiger partial charge is 0.251 e. The van der Waals surface area contributed by atoms with Crippen LogP contribution >= 0.6 is 11.3 Å². The Morgan fingerprint density at radius 1 is 1.13 bits per heavy atom. The van der Waals surface area contributed by atoms with Crippen LogP contribution in [0.25, 0.3) is 11.3 Å². The fourth-order valence-corrected chi connectivity index (χ4v) is 2.99. The van der Waals surface area contributed by atoms with Crippen molar-refractivity contribution in [2.24, 2.45) is 0 Å². The normalized spacial score (nSPS) is 10.5. The van der Waals surface area contributed by atoms with Crippen LogP contribution in [-0.4, -0.2) is 17.4 Å². The molecule has 0 fully saturated rings. The number of carbonyl (C=O) groups is 1. The number of halogens is 1. The van der Waals surface area contributed by atoms with Gasteiger partial charge in [-0.25, -0.2) is 9.37 Å². The van der Waals surface area contributed by atoms with Gasteiger partial charge in [0.05, 0.1) is 10.7 Å². The van der Waals surface area contributed by atoms with E-state index in [2.05, 4.69) is 10.3 Å². The second-order valence-corrected chi connectivity index (χ2v) is 5.95. The van der Waals surface area contributed by atoms with Gasteiger partial charge in [-0.1, -0.05) is 36.4 Å². The molecule has 0 spiro atoms. The van der Waals surface area contributed by atoms with Crippen molar-refractivity contribution in [1.29, 1.82) is 0 Å². The topological polar surface area (TPSA) is 42.0 Å². The molecule has 3 nitrogen and oxygen atoms in total. The standard InChI is InChI=1S/C18H15FN2OS/c19-15-8-4-7-14(11-15)18(22)20-10-9-17-21-16(12-23-17)13-5-2-1-3-6-13/h1-8,11-12H,9-10H2,(H,20,22). The van der Waals surface area contributed by atoms with Crippen molar-refractivity contribution < 1.29 is 9.18 Å². The first kappa shape index (κ1) is 15.4. The molecule has 1 N–H and O–H groups in total. The van der Waals surface area contributed by atoms with Gasteiger partial charge in [-0.2, -0.15) is 0 Å². The first-order valence-electron chi connectivity index (χ1n) is 7.26. The van der Waals surface area contributed by atoms with Crippen molar-refractivity contribution in [2.45, 2.75) is 6.42 Å². The van der Waals surface area contributed by atoms with Gasteiger partial charge in [0.25, 0.3) is 5.91 Å². The summed E-state index contributed by atoms with van der Waals surface area (Å²) in [6.07, 6.45) is 0.651. The van der Waals surface area contributed by atoms with E-state index < -0.39 is 5.82 Å². The molecule has 23 heavy (non-hydrogen) atoms. The van der Waals surface area contributed by atoms with Crippen LogP contribution in [0.2, 0.25) is 0 Å². The molecule has 0 bridgehead atoms. The number of nitrogens with zero attached hydrogens (tertiary/aromatic N) is 1. The summed E-state index contributed by atoms with van der Waals surface area (Å²) >= 11 is 1.57. The minimum atomic E-state index is -0.412. The van der Waals surface area contributed by atoms with Gasteiger partial charge in [0.1, 0.15) is 5.82 Å². The largest absolute Gasteiger partial charge is 0.352 e. The highest BCUT2D eigenvalue weighted by atomic mass is 32.1. The van der Waals surface area contributed by atoms with E-state index in [9.17, 15) is 9.18 Å². The van der Waals surface area contributed by atoms with Gasteiger partial charge in [-0.3, -0.25) is 4.79 Å². The monoisotopic (exact) mass is 326 g/mol. The van der Waals surface area contributed by atoms with Gasteiger partial charge in [0.15, 0.2) is 0 Å². The Balaban J connectivity index is 1.55. The van der Waals surface area contributed by atoms with Crippen LogP contribution < -0.4 is 5.32 Å². The molecule has 0 aliphatic heterocycles. The minimum absolute atomic E-state index is 0.274. The Morgan fingerprint density at radius 2 is 1.96 bits per heavy atom. The number of aromatic nitrogens is 1. The molecule has 3 aromatic rings. The molecule has 1 heterocycles. The number of thiazole rings is 1. The van der Waals surface area contributed by atoms with Gasteiger partial charge >= 0.3 is 0 Å². The summed E-state index contributed by atoms with van der Waals surface area (Å²) in [6.45, 7) is 0.469. The van der Waals surface area contributed by atoms with Crippen LogP contribution in [-0.2, 0) is 6.42 Å². The molecular weight excluding hydrogens is 311 g/mol. The van der Waals surface area contributed by atoms with Crippen LogP contribution in [0.4, 0.5) is 4.39 Å². The van der Waals surface area contributed by atoms with Gasteiger partial charge in [0.2, 0.25) is 0 Å². The van der Waals surface area contributed by atoms with Gasteiger partial charge in [-0.15, -0.1) is 11.3 Å². The Labute approximate surface area is 137 Å². The summed E-state index contributed by atoms with van der Waals surface area (Å²) in [5, 5.41) is 5.76. The van der Waals surface area contributed by atoms with Gasteiger partial charge in [-0.05, 0) is 18.2 Å². The van der Waals surface area contributed by atoms with Crippen molar-refractivity contribution >= 4 is 17.2 Å². The maximum Gasteiger partial charge on any atom is 0.251 e. The van der Waals surface area contributed by atoms with E-state index in [1.54, 1.807) is 17.4 Å². The lowest BCUT2D eigenvalue weighted by atomic mass is 10.2. The number of benzene rings is 2. The van der Waals surface area contributed by atoms with E-state index in [0.717, 1.165) is 16.3 Å². The lowest BCUT2D eigenvalue weighted by Gasteiger charge is -2.04. The second-order valence-electron chi connectivity index (χ2n) is 5.01. The van der Waals surface area contributed by atoms with Crippen molar-refractivity contribution in [3.05, 3.63) is 76.4 Å². The van der Waals surface area contributed by atoms with Crippen LogP contribution in [0.1, 0.15) is 15.4 Å². The van der Waals surface area contributed by atoms with Crippen molar-refractivity contribution in [3.8, 4) is 11.3 Å². The Kier molecular flexibility index (Phi) is 4.78. The summed E-state index contributed by atoms with van der Waals surface area (Å²) in [7, 11) is 0. The van der Waals surface area contributed by atoms with Crippen molar-refractivity contribution in [1.82, 2.24) is 10.3 Å². The third-order valence-corrected chi connectivity index (χ3v) is 4.24. The molecule has 0 aliphatic carbocycles. The number of hydrogen-bond acceptors (Lipinski definition) is 3. The summed E-state index contributed by atoms with van der Waals surface area (Å²) < 4.78 is 13.1. The van der Waals surface area contributed by atoms with Crippen molar-refractivity contribution in [2.75, 3.05) is 6.54 Å². The van der Waals surface area contributed by atoms with E-state index in [1.807, 2.05) is 35.7 Å². The predicted octanol–water partition coefficient (Wildman–Crippen LogP) is 3.92. The fraction of sp³-hybridized carbons (Fsp3) is 0.111. The van der Waals surface area contributed by atoms with Crippen LogP contribution in [0.5, 0.6) is 0 Å². The maximum atomic E-state index is 13.1. The van der Waals surface area contributed by atoms with E-state index in [-0.39, 0.29) is 5.91 Å². The number of carbonyl (C=O) groups excluding carboxylic acids is 1. The van der Waals surface area contributed by atoms with Crippen LogP contribution in [0.3, 0.4) is 0 Å². The SMILES string of the molecule is O=C(NCCc1nc(-c2ccccc2)cs1)c1cccc(F)c1. The molecule has 1 aromatic heterocycles. The summed E-state index contributed by atoms with van der Waals surface area (Å²) in [6, 6.07) is 15.6. The minimum Gasteiger partial charge on any atom is -0.352 e. The van der Waals surface area contributed by atoms with E-state index >= 15 is 0 Å². The Bertz CT molecular complexity index is 802. The molecule has 0 unspecified atom stereocenters. The summed E-state index contributed by atoms with van der Waals surface area (Å²) in [5.41, 5.74) is 2.36. The van der Waals surface area contributed by atoms with Crippen LogP contribution in [0.15, 0.2) is 60.0 Å². The quantitative estimate of drug-likeness (QED) is 0.772. The van der Waals surface area contributed by atoms with Gasteiger partial charge < -0.3 is 5.32 Å². The zero-order chi connectivity index (χ0) is 16.1. The average Bonchev–Trinajstić information content (AvgIpc) is 3.04. The molecule has 0 saturated carbocycles. The third kappa shape index (κ3) is 4.02. The highest BCUT2D eigenvalue weighted by molar-refractivity contribution is 7.09. The molecule has 5 heteroatoms. The van der Waals surface area contributed by atoms with E-state index in [4.69, 9.17) is 0 Å². The zero-order valence-corrected chi connectivity index (χ0v) is 13.1. The number of amides is 1. The van der Waals surface area contributed by atoms with Crippen LogP contribution in [0, 0.1) is 5.82 Å². The first-order chi connectivity index (χ1) is 11.2. The highest BCUT2D eigenvalue weighted by Crippen LogP contribution is 2.21. The highest BCUT2D eigenvalue weighted by Gasteiger charge is 2.07. The summed E-state index contributed by atoms with van der Waals surface area (Å²) in [5.74, 6) is -0.686. The molecule has 116 valence electrons. The Hall–Kier alpha value is -2.53. The molecule has 0 radical (unpaired) electrons. The lowest BCUT2D eigenvalue weighted by Crippen LogP contribution is -2.25. The molecule has 3 rings (SSSR count). The fourth-order valence-electron chi connectivity index (χ4n) is 2.18. The predicted molar refractivity (Wildman–Crippen MR) is 90.0 cm³/mol. The molecule has 1 amide bonds. The lowest BCUT2D eigenvalue weighted by molar-refractivity contribution is 0.0953. The number of hydrogen-bond donors (Lipinski definition) is 1. The second kappa shape index (κ2) is 7.15. The van der Waals surface area contributed by atoms with E-state index in [1.165, 1.54) is 18.2 Å². The molecule has 0 aliphatic rings. The summed E-state index contributed by atoms with van der Waals surface area (Å²) in [4.78, 5) is 16.5. The maximum absolute atomic E-state index is 13.1. The first-order valence-corrected chi connectivity index (χ1v) is 8.14. The van der Waals surface area contributed by atoms with E-state index in [0.29, 0.717) is 18.5 Å². The molecular formula is C18H15FN2OS. The molecule has 2 aromatic carbocycles. The third-order valence-electron chi connectivity index (χ3n) is 3.33. The average molecular weight is 326 g/mol. The Morgan fingerprint density at radius 3 is 2.74 bits per heavy atom. The number of rotatable bonds is 5. The molecule has 0 saturated heterocycles. The van der Waals surface area contributed by atoms with Crippen molar-refractivity contribution in [3.63, 3.8) is 0 Å². The number of nitrogens with one attached hydrogen (secondary N) is 1. The zero-order valence-electron chi connectivity index (χ0n) is 12.3.